The van der Waals surface area contributed by atoms with E-state index >= 15 is 0 Å². The summed E-state index contributed by atoms with van der Waals surface area (Å²) < 4.78 is 2.04. The minimum atomic E-state index is -0.660. The number of imidazole rings is 1. The molecule has 0 spiro atoms. The van der Waals surface area contributed by atoms with E-state index in [9.17, 15) is 5.11 Å². The normalized spacial score (nSPS) is 12.8. The van der Waals surface area contributed by atoms with Gasteiger partial charge in [-0.3, -0.25) is 9.30 Å². The fourth-order valence-corrected chi connectivity index (χ4v) is 2.63. The van der Waals surface area contributed by atoms with E-state index in [-0.39, 0.29) is 0 Å². The highest BCUT2D eigenvalue weighted by atomic mass is 32.1. The van der Waals surface area contributed by atoms with E-state index in [1.807, 2.05) is 29.8 Å². The molecule has 2 heterocycles. The fraction of sp³-hybridized carbons (Fsp3) is 0.583. The van der Waals surface area contributed by atoms with Crippen LogP contribution in [-0.4, -0.2) is 38.1 Å². The maximum absolute atomic E-state index is 9.83. The third-order valence-electron chi connectivity index (χ3n) is 2.59. The highest BCUT2D eigenvalue weighted by Gasteiger charge is 2.18. The van der Waals surface area contributed by atoms with Crippen LogP contribution in [0.15, 0.2) is 17.8 Å². The Balaban J connectivity index is 2.05. The van der Waals surface area contributed by atoms with E-state index in [0.717, 1.165) is 23.7 Å². The van der Waals surface area contributed by atoms with Crippen molar-refractivity contribution in [3.63, 3.8) is 0 Å². The fourth-order valence-electron chi connectivity index (χ4n) is 1.91. The van der Waals surface area contributed by atoms with E-state index in [4.69, 9.17) is 0 Å². The predicted octanol–water partition coefficient (Wildman–Crippen LogP) is 1.99. The van der Waals surface area contributed by atoms with Crippen molar-refractivity contribution in [3.8, 4) is 0 Å². The van der Waals surface area contributed by atoms with Gasteiger partial charge in [-0.15, -0.1) is 11.3 Å². The molecular formula is C12H19N3OS. The number of rotatable bonds is 5. The third-order valence-corrected chi connectivity index (χ3v) is 3.36. The standard InChI is InChI=1S/C12H19N3OS/c1-4-14(9-12(2,3)16)7-10-8-15-5-6-17-11(15)13-10/h5-6,8,16H,4,7,9H2,1-3H3. The lowest BCUT2D eigenvalue weighted by atomic mass is 10.1. The summed E-state index contributed by atoms with van der Waals surface area (Å²) >= 11 is 1.64. The van der Waals surface area contributed by atoms with Gasteiger partial charge in [0.05, 0.1) is 11.3 Å². The zero-order valence-electron chi connectivity index (χ0n) is 10.6. The van der Waals surface area contributed by atoms with Gasteiger partial charge in [-0.05, 0) is 20.4 Å². The van der Waals surface area contributed by atoms with Crippen LogP contribution in [0.3, 0.4) is 0 Å². The molecule has 4 nitrogen and oxygen atoms in total. The van der Waals surface area contributed by atoms with Crippen LogP contribution in [0.25, 0.3) is 4.96 Å². The molecular weight excluding hydrogens is 234 g/mol. The second kappa shape index (κ2) is 4.76. The van der Waals surface area contributed by atoms with Crippen LogP contribution in [0, 0.1) is 0 Å². The van der Waals surface area contributed by atoms with Crippen LogP contribution < -0.4 is 0 Å². The maximum atomic E-state index is 9.83. The Morgan fingerprint density at radius 2 is 2.29 bits per heavy atom. The van der Waals surface area contributed by atoms with Gasteiger partial charge in [-0.2, -0.15) is 0 Å². The first-order chi connectivity index (χ1) is 7.98. The lowest BCUT2D eigenvalue weighted by Gasteiger charge is -2.27. The summed E-state index contributed by atoms with van der Waals surface area (Å²) in [6.07, 6.45) is 4.07. The zero-order valence-corrected chi connectivity index (χ0v) is 11.4. The molecule has 0 aromatic carbocycles. The first-order valence-electron chi connectivity index (χ1n) is 5.84. The highest BCUT2D eigenvalue weighted by molar-refractivity contribution is 7.15. The number of nitrogens with zero attached hydrogens (tertiary/aromatic N) is 3. The Morgan fingerprint density at radius 1 is 1.53 bits per heavy atom. The topological polar surface area (TPSA) is 40.8 Å². The summed E-state index contributed by atoms with van der Waals surface area (Å²) in [6, 6.07) is 0. The monoisotopic (exact) mass is 253 g/mol. The van der Waals surface area contributed by atoms with E-state index in [1.54, 1.807) is 11.3 Å². The molecule has 2 aromatic rings. The van der Waals surface area contributed by atoms with Gasteiger partial charge in [0.25, 0.3) is 0 Å². The van der Waals surface area contributed by atoms with Crippen molar-refractivity contribution in [1.82, 2.24) is 14.3 Å². The van der Waals surface area contributed by atoms with Crippen molar-refractivity contribution >= 4 is 16.3 Å². The quantitative estimate of drug-likeness (QED) is 0.886. The molecule has 0 aliphatic carbocycles. The molecule has 0 atom stereocenters. The summed E-state index contributed by atoms with van der Waals surface area (Å²) in [7, 11) is 0. The Kier molecular flexibility index (Phi) is 3.51. The maximum Gasteiger partial charge on any atom is 0.193 e. The molecule has 17 heavy (non-hydrogen) atoms. The summed E-state index contributed by atoms with van der Waals surface area (Å²) in [4.78, 5) is 7.78. The van der Waals surface area contributed by atoms with Gasteiger partial charge < -0.3 is 5.11 Å². The van der Waals surface area contributed by atoms with Gasteiger partial charge in [-0.25, -0.2) is 4.98 Å². The van der Waals surface area contributed by atoms with Crippen molar-refractivity contribution in [2.75, 3.05) is 13.1 Å². The molecule has 0 saturated heterocycles. The molecule has 0 radical (unpaired) electrons. The summed E-state index contributed by atoms with van der Waals surface area (Å²) in [6.45, 7) is 8.13. The number of thiazole rings is 1. The van der Waals surface area contributed by atoms with Crippen LogP contribution in [0.2, 0.25) is 0 Å². The minimum Gasteiger partial charge on any atom is -0.389 e. The molecule has 5 heteroatoms. The average Bonchev–Trinajstić information content (AvgIpc) is 2.74. The van der Waals surface area contributed by atoms with Gasteiger partial charge >= 0.3 is 0 Å². The van der Waals surface area contributed by atoms with Crippen LogP contribution in [-0.2, 0) is 6.54 Å². The Bertz CT molecular complexity index is 455. The van der Waals surface area contributed by atoms with E-state index < -0.39 is 5.60 Å². The van der Waals surface area contributed by atoms with E-state index in [1.165, 1.54) is 0 Å². The lowest BCUT2D eigenvalue weighted by Crippen LogP contribution is -2.38. The molecule has 0 bridgehead atoms. The molecule has 2 aromatic heterocycles. The number of hydrogen-bond donors (Lipinski definition) is 1. The first-order valence-corrected chi connectivity index (χ1v) is 6.72. The largest absolute Gasteiger partial charge is 0.389 e. The second-order valence-corrected chi connectivity index (χ2v) is 5.81. The van der Waals surface area contributed by atoms with Crippen molar-refractivity contribution in [3.05, 3.63) is 23.5 Å². The minimum absolute atomic E-state index is 0.660. The SMILES string of the molecule is CCN(Cc1cn2ccsc2n1)CC(C)(C)O. The summed E-state index contributed by atoms with van der Waals surface area (Å²) in [5.41, 5.74) is 0.399. The van der Waals surface area contributed by atoms with Crippen molar-refractivity contribution in [1.29, 1.82) is 0 Å². The van der Waals surface area contributed by atoms with E-state index in [0.29, 0.717) is 6.54 Å². The number of likely N-dealkylation sites (N-methyl/N-ethyl adjacent to an activating group) is 1. The van der Waals surface area contributed by atoms with Crippen LogP contribution in [0.4, 0.5) is 0 Å². The Hall–Kier alpha value is -0.910. The van der Waals surface area contributed by atoms with Crippen LogP contribution >= 0.6 is 11.3 Å². The molecule has 1 N–H and O–H groups in total. The molecule has 0 saturated carbocycles. The van der Waals surface area contributed by atoms with Crippen LogP contribution in [0.1, 0.15) is 26.5 Å². The summed E-state index contributed by atoms with van der Waals surface area (Å²) in [5.74, 6) is 0. The van der Waals surface area contributed by atoms with Gasteiger partial charge in [-0.1, -0.05) is 6.92 Å². The summed E-state index contributed by atoms with van der Waals surface area (Å²) in [5, 5.41) is 11.9. The molecule has 94 valence electrons. The van der Waals surface area contributed by atoms with Crippen LogP contribution in [0.5, 0.6) is 0 Å². The number of hydrogen-bond acceptors (Lipinski definition) is 4. The second-order valence-electron chi connectivity index (χ2n) is 4.94. The smallest absolute Gasteiger partial charge is 0.193 e. The Morgan fingerprint density at radius 3 is 2.88 bits per heavy atom. The molecule has 0 aliphatic rings. The number of aromatic nitrogens is 2. The van der Waals surface area contributed by atoms with Gasteiger partial charge in [0, 0.05) is 30.9 Å². The predicted molar refractivity (Wildman–Crippen MR) is 70.3 cm³/mol. The van der Waals surface area contributed by atoms with Crippen molar-refractivity contribution in [2.45, 2.75) is 32.9 Å². The highest BCUT2D eigenvalue weighted by Crippen LogP contribution is 2.14. The molecule has 2 rings (SSSR count). The van der Waals surface area contributed by atoms with Gasteiger partial charge in [0.15, 0.2) is 4.96 Å². The first kappa shape index (κ1) is 12.5. The van der Waals surface area contributed by atoms with Crippen molar-refractivity contribution in [2.24, 2.45) is 0 Å². The third kappa shape index (κ3) is 3.28. The zero-order chi connectivity index (χ0) is 12.5. The number of fused-ring (bicyclic) bond motifs is 1. The lowest BCUT2D eigenvalue weighted by molar-refractivity contribution is 0.0350. The molecule has 0 unspecified atom stereocenters. The van der Waals surface area contributed by atoms with Crippen molar-refractivity contribution < 1.29 is 5.11 Å². The number of aliphatic hydroxyl groups is 1. The molecule has 0 aliphatic heterocycles. The van der Waals surface area contributed by atoms with E-state index in [2.05, 4.69) is 23.0 Å². The van der Waals surface area contributed by atoms with Gasteiger partial charge in [0.1, 0.15) is 0 Å². The Labute approximate surface area is 106 Å². The molecule has 0 amide bonds. The van der Waals surface area contributed by atoms with Gasteiger partial charge in [0.2, 0.25) is 0 Å². The molecule has 0 fully saturated rings. The average molecular weight is 253 g/mol.